The Labute approximate surface area is 221 Å². The highest BCUT2D eigenvalue weighted by Gasteiger charge is 2.24. The summed E-state index contributed by atoms with van der Waals surface area (Å²) in [4.78, 5) is 23.1. The summed E-state index contributed by atoms with van der Waals surface area (Å²) in [5.74, 6) is -1.22. The standard InChI is InChI=1S/C31H53NO4/c1-5-6-7-8-9-10-11-12-13-14-15-16-17-18-19-20-21-22-23-24-25-26-31(35)36-29(27-30(33)34)28-32(2,3)4/h9-10,12-13,15-16,18-19,29H,5-8,11,14,17,20-28H2,1-4H3/p+1/b10-9+,13-12+,16-15+,19-18+. The minimum Gasteiger partial charge on any atom is -0.481 e. The molecule has 0 radical (unpaired) electrons. The van der Waals surface area contributed by atoms with Crippen LogP contribution in [0.1, 0.15) is 103 Å². The van der Waals surface area contributed by atoms with E-state index in [4.69, 9.17) is 9.84 Å². The number of aliphatic carboxylic acids is 1. The van der Waals surface area contributed by atoms with Crippen LogP contribution in [0.5, 0.6) is 0 Å². The van der Waals surface area contributed by atoms with Crippen molar-refractivity contribution in [3.8, 4) is 0 Å². The van der Waals surface area contributed by atoms with Crippen molar-refractivity contribution in [1.82, 2.24) is 0 Å². The monoisotopic (exact) mass is 504 g/mol. The summed E-state index contributed by atoms with van der Waals surface area (Å²) >= 11 is 0. The Hall–Kier alpha value is -2.14. The fourth-order valence-corrected chi connectivity index (χ4v) is 3.82. The number of carboxylic acid groups (broad SMARTS) is 1. The predicted molar refractivity (Wildman–Crippen MR) is 152 cm³/mol. The zero-order valence-electron chi connectivity index (χ0n) is 23.6. The van der Waals surface area contributed by atoms with Crippen molar-refractivity contribution in [1.29, 1.82) is 0 Å². The second-order valence-electron chi connectivity index (χ2n) is 10.6. The van der Waals surface area contributed by atoms with E-state index in [0.29, 0.717) is 17.4 Å². The molecule has 1 unspecified atom stereocenters. The van der Waals surface area contributed by atoms with Crippen LogP contribution >= 0.6 is 0 Å². The lowest BCUT2D eigenvalue weighted by Gasteiger charge is -2.28. The molecule has 0 rings (SSSR count). The number of hydrogen-bond donors (Lipinski definition) is 1. The molecule has 0 saturated heterocycles. The average molecular weight is 505 g/mol. The molecular formula is C31H54NO4+. The number of carbonyl (C=O) groups is 2. The largest absolute Gasteiger partial charge is 0.481 e. The number of carbonyl (C=O) groups excluding carboxylic acids is 1. The average Bonchev–Trinajstić information content (AvgIpc) is 2.78. The topological polar surface area (TPSA) is 63.6 Å². The number of hydrogen-bond acceptors (Lipinski definition) is 3. The van der Waals surface area contributed by atoms with Crippen molar-refractivity contribution in [3.63, 3.8) is 0 Å². The number of esters is 1. The van der Waals surface area contributed by atoms with Crippen molar-refractivity contribution in [2.24, 2.45) is 0 Å². The molecule has 0 aromatic heterocycles. The highest BCUT2D eigenvalue weighted by Crippen LogP contribution is 2.11. The minimum atomic E-state index is -0.935. The molecule has 0 amide bonds. The van der Waals surface area contributed by atoms with Gasteiger partial charge in [0.05, 0.1) is 27.6 Å². The molecule has 0 aliphatic heterocycles. The van der Waals surface area contributed by atoms with Gasteiger partial charge in [0.25, 0.3) is 0 Å². The minimum absolute atomic E-state index is 0.140. The second kappa shape index (κ2) is 23.3. The molecule has 0 aliphatic carbocycles. The van der Waals surface area contributed by atoms with Crippen LogP contribution in [0.25, 0.3) is 0 Å². The maximum absolute atomic E-state index is 12.1. The summed E-state index contributed by atoms with van der Waals surface area (Å²) in [7, 11) is 5.89. The van der Waals surface area contributed by atoms with Crippen LogP contribution < -0.4 is 0 Å². The summed E-state index contributed by atoms with van der Waals surface area (Å²) < 4.78 is 5.99. The van der Waals surface area contributed by atoms with Crippen molar-refractivity contribution in [2.75, 3.05) is 27.7 Å². The molecule has 1 N–H and O–H groups in total. The van der Waals surface area contributed by atoms with Gasteiger partial charge in [-0.05, 0) is 51.4 Å². The van der Waals surface area contributed by atoms with Crippen molar-refractivity contribution >= 4 is 11.9 Å². The predicted octanol–water partition coefficient (Wildman–Crippen LogP) is 7.79. The van der Waals surface area contributed by atoms with Crippen molar-refractivity contribution in [3.05, 3.63) is 48.6 Å². The molecule has 0 aromatic rings. The number of quaternary nitrogens is 1. The molecule has 5 heteroatoms. The van der Waals surface area contributed by atoms with E-state index in [1.54, 1.807) is 0 Å². The molecule has 5 nitrogen and oxygen atoms in total. The normalized spacial score (nSPS) is 13.4. The molecule has 206 valence electrons. The van der Waals surface area contributed by atoms with E-state index in [1.165, 1.54) is 32.1 Å². The lowest BCUT2D eigenvalue weighted by molar-refractivity contribution is -0.873. The van der Waals surface area contributed by atoms with Gasteiger partial charge >= 0.3 is 11.9 Å². The summed E-state index contributed by atoms with van der Waals surface area (Å²) in [6.07, 6.45) is 32.1. The molecule has 1 atom stereocenters. The number of unbranched alkanes of at least 4 members (excludes halogenated alkanes) is 8. The molecule has 0 aliphatic rings. The molecule has 0 saturated carbocycles. The van der Waals surface area contributed by atoms with Gasteiger partial charge in [0.1, 0.15) is 6.54 Å². The lowest BCUT2D eigenvalue weighted by atomic mass is 10.1. The van der Waals surface area contributed by atoms with Crippen LogP contribution in [-0.4, -0.2) is 55.3 Å². The first-order valence-electron chi connectivity index (χ1n) is 14.1. The van der Waals surface area contributed by atoms with E-state index in [-0.39, 0.29) is 12.4 Å². The van der Waals surface area contributed by atoms with E-state index in [1.807, 2.05) is 21.1 Å². The zero-order chi connectivity index (χ0) is 26.9. The van der Waals surface area contributed by atoms with Crippen LogP contribution in [0.15, 0.2) is 48.6 Å². The van der Waals surface area contributed by atoms with Crippen LogP contribution in [0.2, 0.25) is 0 Å². The maximum Gasteiger partial charge on any atom is 0.307 e. The summed E-state index contributed by atoms with van der Waals surface area (Å²) in [6, 6.07) is 0. The van der Waals surface area contributed by atoms with Gasteiger partial charge in [0, 0.05) is 6.42 Å². The van der Waals surface area contributed by atoms with Gasteiger partial charge in [-0.1, -0.05) is 87.6 Å². The fourth-order valence-electron chi connectivity index (χ4n) is 3.82. The van der Waals surface area contributed by atoms with E-state index in [0.717, 1.165) is 51.4 Å². The smallest absolute Gasteiger partial charge is 0.307 e. The Morgan fingerprint density at radius 1 is 0.722 bits per heavy atom. The van der Waals surface area contributed by atoms with E-state index >= 15 is 0 Å². The summed E-state index contributed by atoms with van der Waals surface area (Å²) in [5, 5.41) is 9.04. The molecule has 0 heterocycles. The number of ether oxygens (including phenoxy) is 1. The Morgan fingerprint density at radius 2 is 1.19 bits per heavy atom. The SMILES string of the molecule is CCCCC/C=C/C/C=C/C/C=C/C/C=C/CCCCCCCC(=O)OC(CC(=O)O)C[N+](C)(C)C. The third kappa shape index (κ3) is 26.5. The van der Waals surface area contributed by atoms with Crippen LogP contribution in [0.3, 0.4) is 0 Å². The van der Waals surface area contributed by atoms with Crippen molar-refractivity contribution in [2.45, 2.75) is 109 Å². The van der Waals surface area contributed by atoms with Crippen LogP contribution in [0.4, 0.5) is 0 Å². The van der Waals surface area contributed by atoms with Gasteiger partial charge in [-0.25, -0.2) is 0 Å². The third-order valence-electron chi connectivity index (χ3n) is 5.66. The Kier molecular flexibility index (Phi) is 21.9. The van der Waals surface area contributed by atoms with Gasteiger partial charge in [-0.2, -0.15) is 0 Å². The van der Waals surface area contributed by atoms with Gasteiger partial charge in [0.15, 0.2) is 6.10 Å². The fraction of sp³-hybridized carbons (Fsp3) is 0.677. The molecule has 0 spiro atoms. The van der Waals surface area contributed by atoms with E-state index in [2.05, 4.69) is 55.5 Å². The van der Waals surface area contributed by atoms with Gasteiger partial charge < -0.3 is 14.3 Å². The molecule has 0 bridgehead atoms. The molecule has 0 fully saturated rings. The molecule has 0 aromatic carbocycles. The van der Waals surface area contributed by atoms with Gasteiger partial charge in [-0.3, -0.25) is 9.59 Å². The molecular weight excluding hydrogens is 450 g/mol. The van der Waals surface area contributed by atoms with Crippen LogP contribution in [0, 0.1) is 0 Å². The first-order chi connectivity index (χ1) is 17.2. The lowest BCUT2D eigenvalue weighted by Crippen LogP contribution is -2.43. The quantitative estimate of drug-likeness (QED) is 0.0667. The number of carboxylic acids is 1. The van der Waals surface area contributed by atoms with Crippen molar-refractivity contribution < 1.29 is 23.9 Å². The number of likely N-dealkylation sites (N-methyl/N-ethyl adjacent to an activating group) is 1. The summed E-state index contributed by atoms with van der Waals surface area (Å²) in [6.45, 7) is 2.73. The molecule has 36 heavy (non-hydrogen) atoms. The number of allylic oxidation sites excluding steroid dienone is 8. The second-order valence-corrected chi connectivity index (χ2v) is 10.6. The maximum atomic E-state index is 12.1. The first-order valence-corrected chi connectivity index (χ1v) is 14.1. The number of nitrogens with zero attached hydrogens (tertiary/aromatic N) is 1. The van der Waals surface area contributed by atoms with Gasteiger partial charge in [0.2, 0.25) is 0 Å². The van der Waals surface area contributed by atoms with E-state index in [9.17, 15) is 9.59 Å². The Balaban J connectivity index is 3.68. The zero-order valence-corrected chi connectivity index (χ0v) is 23.6. The highest BCUT2D eigenvalue weighted by atomic mass is 16.5. The third-order valence-corrected chi connectivity index (χ3v) is 5.66. The van der Waals surface area contributed by atoms with Gasteiger partial charge in [-0.15, -0.1) is 0 Å². The number of rotatable bonds is 23. The van der Waals surface area contributed by atoms with Crippen LogP contribution in [-0.2, 0) is 14.3 Å². The van der Waals surface area contributed by atoms with E-state index < -0.39 is 12.1 Å². The Morgan fingerprint density at radius 3 is 1.69 bits per heavy atom. The summed E-state index contributed by atoms with van der Waals surface area (Å²) in [5.41, 5.74) is 0. The highest BCUT2D eigenvalue weighted by molar-refractivity contribution is 5.71. The first kappa shape index (κ1) is 33.9. The Bertz CT molecular complexity index is 671.